The molecule has 1 heterocycles. The monoisotopic (exact) mass is 272 g/mol. The third kappa shape index (κ3) is 2.70. The Morgan fingerprint density at radius 1 is 1.05 bits per heavy atom. The van der Waals surface area contributed by atoms with Crippen molar-refractivity contribution in [3.8, 4) is 17.2 Å². The van der Waals surface area contributed by atoms with Crippen LogP contribution in [0.2, 0.25) is 0 Å². The SMILES string of the molecule is OC(CCOc1cccc2c1OCO2)c1ccccc1. The molecular formula is C16H16O4. The molecule has 1 aliphatic heterocycles. The lowest BCUT2D eigenvalue weighted by molar-refractivity contribution is 0.137. The number of hydrogen-bond acceptors (Lipinski definition) is 4. The molecule has 1 unspecified atom stereocenters. The molecule has 0 aromatic heterocycles. The van der Waals surface area contributed by atoms with Gasteiger partial charge in [-0.3, -0.25) is 0 Å². The maximum atomic E-state index is 10.1. The van der Waals surface area contributed by atoms with Crippen LogP contribution < -0.4 is 14.2 Å². The van der Waals surface area contributed by atoms with Gasteiger partial charge in [-0.1, -0.05) is 36.4 Å². The molecule has 1 N–H and O–H groups in total. The summed E-state index contributed by atoms with van der Waals surface area (Å²) in [5, 5.41) is 10.1. The number of fused-ring (bicyclic) bond motifs is 1. The van der Waals surface area contributed by atoms with Gasteiger partial charge in [0.25, 0.3) is 0 Å². The van der Waals surface area contributed by atoms with Crippen LogP contribution in [0.3, 0.4) is 0 Å². The van der Waals surface area contributed by atoms with Gasteiger partial charge in [0.15, 0.2) is 11.5 Å². The van der Waals surface area contributed by atoms with E-state index in [1.807, 2.05) is 48.5 Å². The molecule has 0 saturated heterocycles. The lowest BCUT2D eigenvalue weighted by atomic mass is 10.1. The maximum absolute atomic E-state index is 10.1. The van der Waals surface area contributed by atoms with Crippen molar-refractivity contribution < 1.29 is 19.3 Å². The topological polar surface area (TPSA) is 47.9 Å². The summed E-state index contributed by atoms with van der Waals surface area (Å²) in [5.74, 6) is 1.99. The number of para-hydroxylation sites is 1. The van der Waals surface area contributed by atoms with Crippen molar-refractivity contribution >= 4 is 0 Å². The van der Waals surface area contributed by atoms with E-state index >= 15 is 0 Å². The first-order valence-corrected chi connectivity index (χ1v) is 6.59. The molecule has 0 radical (unpaired) electrons. The molecule has 3 rings (SSSR count). The van der Waals surface area contributed by atoms with Gasteiger partial charge in [-0.15, -0.1) is 0 Å². The first-order valence-electron chi connectivity index (χ1n) is 6.59. The number of aliphatic hydroxyl groups is 1. The van der Waals surface area contributed by atoms with Gasteiger partial charge in [-0.05, 0) is 17.7 Å². The average molecular weight is 272 g/mol. The molecule has 4 heteroatoms. The van der Waals surface area contributed by atoms with Crippen LogP contribution in [0.25, 0.3) is 0 Å². The van der Waals surface area contributed by atoms with Crippen LogP contribution in [-0.4, -0.2) is 18.5 Å². The van der Waals surface area contributed by atoms with Gasteiger partial charge >= 0.3 is 0 Å². The van der Waals surface area contributed by atoms with E-state index in [1.54, 1.807) is 0 Å². The van der Waals surface area contributed by atoms with Crippen molar-refractivity contribution in [1.82, 2.24) is 0 Å². The van der Waals surface area contributed by atoms with Gasteiger partial charge in [0.2, 0.25) is 12.5 Å². The van der Waals surface area contributed by atoms with Crippen LogP contribution >= 0.6 is 0 Å². The van der Waals surface area contributed by atoms with E-state index in [-0.39, 0.29) is 6.79 Å². The fourth-order valence-electron chi connectivity index (χ4n) is 2.14. The highest BCUT2D eigenvalue weighted by atomic mass is 16.7. The number of ether oxygens (including phenoxy) is 3. The molecule has 0 spiro atoms. The van der Waals surface area contributed by atoms with Crippen molar-refractivity contribution in [2.45, 2.75) is 12.5 Å². The number of hydrogen-bond donors (Lipinski definition) is 1. The van der Waals surface area contributed by atoms with Crippen LogP contribution in [0.5, 0.6) is 17.2 Å². The maximum Gasteiger partial charge on any atom is 0.231 e. The quantitative estimate of drug-likeness (QED) is 0.909. The minimum absolute atomic E-state index is 0.225. The summed E-state index contributed by atoms with van der Waals surface area (Å²) in [6, 6.07) is 15.1. The summed E-state index contributed by atoms with van der Waals surface area (Å²) < 4.78 is 16.3. The lowest BCUT2D eigenvalue weighted by Crippen LogP contribution is -2.05. The summed E-state index contributed by atoms with van der Waals surface area (Å²) >= 11 is 0. The molecule has 0 aliphatic carbocycles. The first-order chi connectivity index (χ1) is 9.84. The van der Waals surface area contributed by atoms with Gasteiger partial charge in [0, 0.05) is 6.42 Å². The number of aliphatic hydroxyl groups excluding tert-OH is 1. The van der Waals surface area contributed by atoms with Gasteiger partial charge in [0.05, 0.1) is 12.7 Å². The van der Waals surface area contributed by atoms with Crippen molar-refractivity contribution in [2.75, 3.05) is 13.4 Å². The van der Waals surface area contributed by atoms with E-state index in [4.69, 9.17) is 14.2 Å². The van der Waals surface area contributed by atoms with Gasteiger partial charge in [-0.2, -0.15) is 0 Å². The van der Waals surface area contributed by atoms with Crippen molar-refractivity contribution in [3.05, 3.63) is 54.1 Å². The molecule has 0 saturated carbocycles. The fourth-order valence-corrected chi connectivity index (χ4v) is 2.14. The Morgan fingerprint density at radius 3 is 2.75 bits per heavy atom. The number of rotatable bonds is 5. The van der Waals surface area contributed by atoms with Crippen LogP contribution in [0.4, 0.5) is 0 Å². The minimum atomic E-state index is -0.523. The zero-order chi connectivity index (χ0) is 13.8. The van der Waals surface area contributed by atoms with Crippen molar-refractivity contribution in [2.24, 2.45) is 0 Å². The highest BCUT2D eigenvalue weighted by Gasteiger charge is 2.18. The normalized spacial score (nSPS) is 14.1. The number of benzene rings is 2. The second-order valence-electron chi connectivity index (χ2n) is 4.55. The van der Waals surface area contributed by atoms with E-state index < -0.39 is 6.10 Å². The summed E-state index contributed by atoms with van der Waals surface area (Å²) in [6.45, 7) is 0.637. The molecular weight excluding hydrogens is 256 g/mol. The first kappa shape index (κ1) is 12.8. The van der Waals surface area contributed by atoms with Gasteiger partial charge in [0.1, 0.15) is 0 Å². The molecule has 2 aromatic rings. The Balaban J connectivity index is 1.57. The van der Waals surface area contributed by atoms with Crippen LogP contribution in [0.15, 0.2) is 48.5 Å². The smallest absolute Gasteiger partial charge is 0.231 e. The molecule has 20 heavy (non-hydrogen) atoms. The van der Waals surface area contributed by atoms with Crippen LogP contribution in [0.1, 0.15) is 18.1 Å². The van der Waals surface area contributed by atoms with E-state index in [2.05, 4.69) is 0 Å². The molecule has 1 aliphatic rings. The van der Waals surface area contributed by atoms with E-state index in [0.29, 0.717) is 30.3 Å². The third-order valence-corrected chi connectivity index (χ3v) is 3.19. The minimum Gasteiger partial charge on any atom is -0.489 e. The second-order valence-corrected chi connectivity index (χ2v) is 4.55. The molecule has 0 fully saturated rings. The van der Waals surface area contributed by atoms with Gasteiger partial charge < -0.3 is 19.3 Å². The largest absolute Gasteiger partial charge is 0.489 e. The summed E-state index contributed by atoms with van der Waals surface area (Å²) in [5.41, 5.74) is 0.897. The Bertz CT molecular complexity index is 568. The predicted octanol–water partition coefficient (Wildman–Crippen LogP) is 2.92. The predicted molar refractivity (Wildman–Crippen MR) is 74.1 cm³/mol. The third-order valence-electron chi connectivity index (χ3n) is 3.19. The highest BCUT2D eigenvalue weighted by Crippen LogP contribution is 2.40. The zero-order valence-corrected chi connectivity index (χ0v) is 11.0. The summed E-state index contributed by atoms with van der Waals surface area (Å²) in [6.07, 6.45) is -0.000669. The Morgan fingerprint density at radius 2 is 1.90 bits per heavy atom. The Labute approximate surface area is 117 Å². The Hall–Kier alpha value is -2.20. The molecule has 0 bridgehead atoms. The highest BCUT2D eigenvalue weighted by molar-refractivity contribution is 5.52. The van der Waals surface area contributed by atoms with Gasteiger partial charge in [-0.25, -0.2) is 0 Å². The standard InChI is InChI=1S/C16H16O4/c17-13(12-5-2-1-3-6-12)9-10-18-14-7-4-8-15-16(14)20-11-19-15/h1-8,13,17H,9-11H2. The zero-order valence-electron chi connectivity index (χ0n) is 11.0. The molecule has 0 amide bonds. The van der Waals surface area contributed by atoms with E-state index in [1.165, 1.54) is 0 Å². The van der Waals surface area contributed by atoms with Crippen molar-refractivity contribution in [1.29, 1.82) is 0 Å². The molecule has 104 valence electrons. The average Bonchev–Trinajstić information content (AvgIpc) is 2.97. The molecule has 1 atom stereocenters. The van der Waals surface area contributed by atoms with Crippen LogP contribution in [0, 0.1) is 0 Å². The van der Waals surface area contributed by atoms with E-state index in [9.17, 15) is 5.11 Å². The second kappa shape index (κ2) is 5.84. The summed E-state index contributed by atoms with van der Waals surface area (Å²) in [7, 11) is 0. The fraction of sp³-hybridized carbons (Fsp3) is 0.250. The summed E-state index contributed by atoms with van der Waals surface area (Å²) in [4.78, 5) is 0. The molecule has 2 aromatic carbocycles. The lowest BCUT2D eigenvalue weighted by Gasteiger charge is -2.12. The van der Waals surface area contributed by atoms with E-state index in [0.717, 1.165) is 5.56 Å². The van der Waals surface area contributed by atoms with Crippen molar-refractivity contribution in [3.63, 3.8) is 0 Å². The Kier molecular flexibility index (Phi) is 3.74. The molecule has 4 nitrogen and oxygen atoms in total. The van der Waals surface area contributed by atoms with Crippen LogP contribution in [-0.2, 0) is 0 Å².